The van der Waals surface area contributed by atoms with Gasteiger partial charge in [0.05, 0.1) is 69.4 Å². The summed E-state index contributed by atoms with van der Waals surface area (Å²) in [6.45, 7) is -1.07. The van der Waals surface area contributed by atoms with E-state index in [9.17, 15) is 157 Å². The quantitative estimate of drug-likeness (QED) is 0.00323. The van der Waals surface area contributed by atoms with Gasteiger partial charge in [-0.15, -0.1) is 11.8 Å². The molecule has 4 aromatic rings. The highest BCUT2D eigenvalue weighted by Gasteiger charge is 2.42. The molecule has 0 bridgehead atoms. The predicted molar refractivity (Wildman–Crippen MR) is 507 cm³/mol. The number of urea groups is 2. The monoisotopic (exact) mass is 2170 g/mol. The Bertz CT molecular complexity index is 6220. The number of anilines is 1. The van der Waals surface area contributed by atoms with E-state index in [1.165, 1.54) is 0 Å². The van der Waals surface area contributed by atoms with Gasteiger partial charge in [-0.3, -0.25) is 72.6 Å². The van der Waals surface area contributed by atoms with E-state index in [0.717, 1.165) is 47.4 Å². The predicted octanol–water partition coefficient (Wildman–Crippen LogP) is -5.03. The molecule has 0 spiro atoms. The van der Waals surface area contributed by atoms with E-state index in [0.29, 0.717) is 22.9 Å². The van der Waals surface area contributed by atoms with Crippen molar-refractivity contribution in [3.05, 3.63) is 131 Å². The van der Waals surface area contributed by atoms with Gasteiger partial charge in [-0.2, -0.15) is 12.6 Å². The van der Waals surface area contributed by atoms with Gasteiger partial charge in [-0.05, 0) is 72.7 Å². The topological polar surface area (TPSA) is 909 Å². The number of imide groups is 1. The molecule has 13 amide bonds. The van der Waals surface area contributed by atoms with Gasteiger partial charge in [-0.25, -0.2) is 60.0 Å². The highest BCUT2D eigenvalue weighted by Crippen LogP contribution is 2.46. The summed E-state index contributed by atoms with van der Waals surface area (Å²) in [7, 11) is -11.1. The van der Waals surface area contributed by atoms with E-state index < -0.39 is 299 Å². The maximum absolute atomic E-state index is 13.9. The summed E-state index contributed by atoms with van der Waals surface area (Å²) in [5.41, 5.74) is 3.58. The average Bonchev–Trinajstić information content (AvgIpc) is 1.00. The van der Waals surface area contributed by atoms with Gasteiger partial charge in [0, 0.05) is 124 Å². The lowest BCUT2D eigenvalue weighted by Crippen LogP contribution is -2.54. The Morgan fingerprint density at radius 1 is 0.470 bits per heavy atom. The number of rotatable bonds is 64. The standard InChI is InChI=1S/C58H63N9O27S3.C31H43N5O15S/c59-34-10-8-31-45(32-9-11-35(60)50(97(89,90)91)48(32)94-47(31)49(34)96(86,87)88)30-7-6-29(25-33(30)54(77)78)51(74)62-17-19-67-43(70)26-40(53(67)76)95-27-39(46(73)57(83)84)64-52(75)38(24-28-4-2-1-3-5-28)63-42(69)16-20-92-22-23-93-21-18-61-41(68)14-12-36(55(79)80)65-58(85)66-37(56(81)82)13-15-44(71)72;37-23(8-6-19(28(43)44)35-31(49)36-20(29(45)46)7-9-25(39)40)32-11-13-51-15-14-50-12-10-24(38)33-21(16-18-4-2-1-3-5-18)27(42)34-22(17-52)26(41)30(47)48/h1-11,25,36-40,59H,12-24,26-27,60H2,(H,61,68)(H,62,74)(H,63,69)(H,64,75)(H,71,72)(H,77,78)(H,79,80)(H,81,82)(H,83,84)(H2,65,66,85)(H,86,87,88)(H,89,90,91);1-5,19-22,52H,6-17H2,(H,32,37)(H,33,38)(H,34,42)(H,39,40)(H,43,44)(H,45,46)(H,47,48)(H2,35,36,49)/p-1/t36-,37-,38?,39?,40?;19-,20-,21?,22?/m11/s1. The number of carboxylic acid groups (broad SMARTS) is 9. The average molecular weight is 2170 g/mol. The molecule has 808 valence electrons. The Labute approximate surface area is 853 Å². The molecular formula is C89H105N14O42S4-. The van der Waals surface area contributed by atoms with E-state index in [1.54, 1.807) is 60.7 Å². The van der Waals surface area contributed by atoms with Crippen LogP contribution in [0.3, 0.4) is 0 Å². The highest BCUT2D eigenvalue weighted by molar-refractivity contribution is 8.00. The summed E-state index contributed by atoms with van der Waals surface area (Å²) in [5, 5.41) is 113. The Morgan fingerprint density at radius 2 is 0.893 bits per heavy atom. The number of carbonyl (C=O) groups excluding carboxylic acids is 13. The van der Waals surface area contributed by atoms with Crippen LogP contribution in [0, 0.1) is 0 Å². The third-order valence-corrected chi connectivity index (χ3v) is 24.7. The van der Waals surface area contributed by atoms with Crippen LogP contribution in [-0.2, 0) is 138 Å². The number of nitrogens with zero attached hydrogens (tertiary/aromatic N) is 1. The van der Waals surface area contributed by atoms with Crippen molar-refractivity contribution in [2.45, 2.75) is 147 Å². The first kappa shape index (κ1) is 122. The van der Waals surface area contributed by atoms with Gasteiger partial charge in [0.25, 0.3) is 17.5 Å². The van der Waals surface area contributed by atoms with Crippen molar-refractivity contribution in [3.8, 4) is 22.5 Å². The van der Waals surface area contributed by atoms with E-state index in [1.807, 2.05) is 21.3 Å². The fraction of sp³-hybridized carbons (Fsp3) is 0.404. The number of hydrogen-bond acceptors (Lipinski definition) is 36. The first-order valence-electron chi connectivity index (χ1n) is 44.5. The molecule has 4 aromatic carbocycles. The van der Waals surface area contributed by atoms with E-state index in [2.05, 4.69) is 49.8 Å². The molecule has 0 aromatic heterocycles. The number of aromatic carboxylic acids is 1. The zero-order valence-electron chi connectivity index (χ0n) is 78.4. The van der Waals surface area contributed by atoms with E-state index in [-0.39, 0.29) is 144 Å². The summed E-state index contributed by atoms with van der Waals surface area (Å²) >= 11 is 4.58. The minimum absolute atomic E-state index is 0.0323. The van der Waals surface area contributed by atoms with Crippen molar-refractivity contribution < 1.29 is 206 Å². The molecule has 5 unspecified atom stereocenters. The van der Waals surface area contributed by atoms with Gasteiger partial charge in [0.15, 0.2) is 16.2 Å². The summed E-state index contributed by atoms with van der Waals surface area (Å²) in [6, 6.07) is 9.66. The number of ketones is 2. The second kappa shape index (κ2) is 59.8. The lowest BCUT2D eigenvalue weighted by Gasteiger charge is -2.23. The molecule has 7 rings (SSSR count). The highest BCUT2D eigenvalue weighted by atomic mass is 32.2. The number of carbonyl (C=O) groups is 22. The van der Waals surface area contributed by atoms with Gasteiger partial charge < -0.3 is 143 Å². The first-order valence-corrected chi connectivity index (χ1v) is 49.0. The Kier molecular flexibility index (Phi) is 48.9. The van der Waals surface area contributed by atoms with E-state index in [4.69, 9.17) is 54.9 Å². The van der Waals surface area contributed by atoms with E-state index >= 15 is 0 Å². The molecule has 60 heteroatoms. The summed E-state index contributed by atoms with van der Waals surface area (Å²) in [4.78, 5) is 268. The number of benzene rings is 5. The maximum Gasteiger partial charge on any atom is 0.374 e. The van der Waals surface area contributed by atoms with Crippen molar-refractivity contribution in [1.29, 1.82) is 0 Å². The number of aliphatic carboxylic acids is 8. The SMILES string of the molecule is Nc1ccc2c(-c3ccc(C(=O)NCCN4C(=O)CC(SCC(NC(=O)C(Cc5ccccc5)NC(=O)CCOCCOCCNC(=O)CC[C@@H](NC(=O)N[C@H](CCC(=O)O)C(=O)O)C(=O)O)C(=O)C(=O)O)C4=O)cc3C(=O)O)c3ccc(=[NH2+])c(S(=O)(=O)[O-])c-3oc2c1S(=O)(=O)[O-].O=C(O)CC[C@@H](NC(=O)N[C@H](CCC(=O)NCCOCCOCCC(=O)NC(Cc1ccccc1)C(=O)NC(CS)C(=O)C(=O)O)C(=O)O)C(=O)O. The molecular weight excluding hydrogens is 2070 g/mol. The van der Waals surface area contributed by atoms with Gasteiger partial charge in [0.1, 0.15) is 73.5 Å². The van der Waals surface area contributed by atoms with Crippen LogP contribution in [0.4, 0.5) is 15.3 Å². The van der Waals surface area contributed by atoms with Crippen molar-refractivity contribution in [2.24, 2.45) is 0 Å². The number of carboxylic acids is 9. The van der Waals surface area contributed by atoms with Crippen molar-refractivity contribution in [2.75, 3.05) is 96.3 Å². The number of thioether (sulfide) groups is 1. The van der Waals surface area contributed by atoms with Crippen LogP contribution < -0.4 is 75.0 Å². The molecule has 1 fully saturated rings. The second-order valence-electron chi connectivity index (χ2n) is 32.0. The number of ether oxygens (including phenoxy) is 4. The number of likely N-dealkylation sites (tertiary alicyclic amines) is 1. The number of Topliss-reactive ketones (excluding diaryl/α,β-unsaturated/α-hetero) is 2. The maximum atomic E-state index is 13.9. The Morgan fingerprint density at radius 3 is 1.31 bits per heavy atom. The number of nitrogens with one attached hydrogen (secondary N) is 11. The Balaban J connectivity index is 0.000000549. The molecule has 56 nitrogen and oxygen atoms in total. The van der Waals surface area contributed by atoms with Crippen LogP contribution in [0.5, 0.6) is 0 Å². The molecule has 3 aliphatic rings. The van der Waals surface area contributed by atoms with Crippen LogP contribution in [-0.4, -0.2) is 351 Å². The van der Waals surface area contributed by atoms with Crippen molar-refractivity contribution in [3.63, 3.8) is 0 Å². The number of thiol groups is 1. The summed E-state index contributed by atoms with van der Waals surface area (Å²) in [5.74, 6) is -25.3. The van der Waals surface area contributed by atoms with Crippen LogP contribution in [0.1, 0.15) is 102 Å². The fourth-order valence-electron chi connectivity index (χ4n) is 13.9. The lowest BCUT2D eigenvalue weighted by atomic mass is 9.89. The van der Waals surface area contributed by atoms with Crippen molar-refractivity contribution in [1.82, 2.24) is 63.4 Å². The summed E-state index contributed by atoms with van der Waals surface area (Å²) < 4.78 is 102. The number of hydrogen-bond donors (Lipinski definition) is 23. The minimum atomic E-state index is -5.53. The molecule has 24 N–H and O–H groups in total. The van der Waals surface area contributed by atoms with Crippen LogP contribution >= 0.6 is 24.4 Å². The number of fused-ring (bicyclic) bond motifs is 2. The fourth-order valence-corrected chi connectivity index (χ4v) is 16.8. The molecule has 2 heterocycles. The Hall–Kier alpha value is -15.7. The van der Waals surface area contributed by atoms with Gasteiger partial charge in [0.2, 0.25) is 52.6 Å². The molecule has 0 radical (unpaired) electrons. The number of amides is 13. The zero-order chi connectivity index (χ0) is 111. The molecule has 1 aliphatic carbocycles. The van der Waals surface area contributed by atoms with Crippen LogP contribution in [0.25, 0.3) is 33.4 Å². The first-order chi connectivity index (χ1) is 70.3. The molecule has 0 saturated carbocycles. The number of nitrogen functional groups attached to an aromatic ring is 1. The summed E-state index contributed by atoms with van der Waals surface area (Å²) in [6.07, 6.45) is -4.50. The van der Waals surface area contributed by atoms with Crippen LogP contribution in [0.15, 0.2) is 117 Å². The molecule has 2 aliphatic heterocycles. The van der Waals surface area contributed by atoms with Gasteiger partial charge >= 0.3 is 65.8 Å². The van der Waals surface area contributed by atoms with Crippen LogP contribution in [0.2, 0.25) is 0 Å². The second-order valence-corrected chi connectivity index (χ2v) is 36.2. The lowest BCUT2D eigenvalue weighted by molar-refractivity contribution is -0.176. The normalized spacial score (nSPS) is 13.9. The third kappa shape index (κ3) is 40.2. The largest absolute Gasteiger partial charge is 0.744 e. The van der Waals surface area contributed by atoms with Gasteiger partial charge in [-0.1, -0.05) is 66.7 Å². The minimum Gasteiger partial charge on any atom is -0.744 e. The molecule has 149 heavy (non-hydrogen) atoms. The number of nitrogens with two attached hydrogens (primary N) is 2. The molecule has 9 atom stereocenters. The zero-order valence-corrected chi connectivity index (χ0v) is 81.7. The molecule has 1 saturated heterocycles. The third-order valence-electron chi connectivity index (χ3n) is 21.2. The smallest absolute Gasteiger partial charge is 0.374 e. The van der Waals surface area contributed by atoms with Crippen molar-refractivity contribution >= 4 is 192 Å².